The Balaban J connectivity index is 1.99. The van der Waals surface area contributed by atoms with Crippen LogP contribution in [0.5, 0.6) is 5.75 Å². The highest BCUT2D eigenvalue weighted by Crippen LogP contribution is 2.32. The van der Waals surface area contributed by atoms with Gasteiger partial charge in [0, 0.05) is 0 Å². The predicted molar refractivity (Wildman–Crippen MR) is 77.9 cm³/mol. The topological polar surface area (TPSA) is 44.5 Å². The molecule has 1 atom stereocenters. The molecular formula is C15H22ClNO2. The van der Waals surface area contributed by atoms with Gasteiger partial charge in [0.2, 0.25) is 0 Å². The van der Waals surface area contributed by atoms with Crippen LogP contribution in [0.25, 0.3) is 0 Å². The molecule has 1 saturated heterocycles. The first kappa shape index (κ1) is 14.6. The molecule has 0 bridgehead atoms. The summed E-state index contributed by atoms with van der Waals surface area (Å²) in [6.45, 7) is 5.36. The lowest BCUT2D eigenvalue weighted by atomic mass is 10.1. The quantitative estimate of drug-likeness (QED) is 0.903. The van der Waals surface area contributed by atoms with Crippen LogP contribution in [-0.4, -0.2) is 24.9 Å². The van der Waals surface area contributed by atoms with Crippen molar-refractivity contribution in [1.29, 1.82) is 0 Å². The van der Waals surface area contributed by atoms with Gasteiger partial charge in [-0.1, -0.05) is 23.7 Å². The van der Waals surface area contributed by atoms with Crippen LogP contribution in [0.2, 0.25) is 5.02 Å². The number of nitrogens with two attached hydrogens (primary N) is 1. The molecule has 0 aliphatic carbocycles. The van der Waals surface area contributed by atoms with E-state index in [1.54, 1.807) is 0 Å². The number of halogens is 1. The van der Waals surface area contributed by atoms with Crippen molar-refractivity contribution in [3.63, 3.8) is 0 Å². The Kier molecular flexibility index (Phi) is 4.71. The fourth-order valence-corrected chi connectivity index (χ4v) is 2.69. The molecule has 0 saturated carbocycles. The second-order valence-electron chi connectivity index (χ2n) is 5.62. The second-order valence-corrected chi connectivity index (χ2v) is 6.02. The Morgan fingerprint density at radius 3 is 2.89 bits per heavy atom. The largest absolute Gasteiger partial charge is 0.489 e. The van der Waals surface area contributed by atoms with E-state index >= 15 is 0 Å². The van der Waals surface area contributed by atoms with Crippen LogP contribution in [-0.2, 0) is 11.2 Å². The minimum absolute atomic E-state index is 0.0331. The summed E-state index contributed by atoms with van der Waals surface area (Å²) in [5.41, 5.74) is 6.64. The Bertz CT molecular complexity index is 434. The fraction of sp³-hybridized carbons (Fsp3) is 0.600. The van der Waals surface area contributed by atoms with E-state index in [1.807, 2.05) is 18.2 Å². The second kappa shape index (κ2) is 6.12. The SMILES string of the molecule is CC1(C)CCC(COc2c(Cl)cccc2CCN)O1. The first-order valence-corrected chi connectivity index (χ1v) is 7.18. The van der Waals surface area contributed by atoms with Crippen LogP contribution in [0.1, 0.15) is 32.3 Å². The van der Waals surface area contributed by atoms with Gasteiger partial charge in [0.15, 0.2) is 0 Å². The molecule has 3 nitrogen and oxygen atoms in total. The van der Waals surface area contributed by atoms with E-state index in [0.29, 0.717) is 18.2 Å². The minimum Gasteiger partial charge on any atom is -0.489 e. The van der Waals surface area contributed by atoms with Crippen molar-refractivity contribution < 1.29 is 9.47 Å². The average Bonchev–Trinajstić information content (AvgIpc) is 2.69. The zero-order chi connectivity index (χ0) is 13.9. The number of hydrogen-bond acceptors (Lipinski definition) is 3. The van der Waals surface area contributed by atoms with Gasteiger partial charge in [0.25, 0.3) is 0 Å². The molecule has 0 spiro atoms. The maximum absolute atomic E-state index is 6.20. The summed E-state index contributed by atoms with van der Waals surface area (Å²) in [6, 6.07) is 5.78. The molecule has 1 aliphatic heterocycles. The molecule has 4 heteroatoms. The van der Waals surface area contributed by atoms with Gasteiger partial charge in [-0.05, 0) is 51.3 Å². The maximum atomic E-state index is 6.20. The Labute approximate surface area is 120 Å². The summed E-state index contributed by atoms with van der Waals surface area (Å²) in [5, 5.41) is 0.642. The van der Waals surface area contributed by atoms with Crippen LogP contribution in [0.3, 0.4) is 0 Å². The molecule has 1 heterocycles. The van der Waals surface area contributed by atoms with Crippen LogP contribution < -0.4 is 10.5 Å². The molecule has 19 heavy (non-hydrogen) atoms. The van der Waals surface area contributed by atoms with Crippen LogP contribution >= 0.6 is 11.6 Å². The lowest BCUT2D eigenvalue weighted by molar-refractivity contribution is -0.0327. The summed E-state index contributed by atoms with van der Waals surface area (Å²) in [6.07, 6.45) is 3.02. The van der Waals surface area contributed by atoms with E-state index < -0.39 is 0 Å². The van der Waals surface area contributed by atoms with Gasteiger partial charge in [-0.2, -0.15) is 0 Å². The summed E-state index contributed by atoms with van der Waals surface area (Å²) in [5.74, 6) is 0.753. The smallest absolute Gasteiger partial charge is 0.141 e. The summed E-state index contributed by atoms with van der Waals surface area (Å²) in [4.78, 5) is 0. The van der Waals surface area contributed by atoms with Crippen molar-refractivity contribution in [2.45, 2.75) is 44.8 Å². The van der Waals surface area contributed by atoms with E-state index in [2.05, 4.69) is 13.8 Å². The molecule has 1 aromatic carbocycles. The van der Waals surface area contributed by atoms with Gasteiger partial charge in [-0.25, -0.2) is 0 Å². The molecule has 2 rings (SSSR count). The van der Waals surface area contributed by atoms with Gasteiger partial charge in [-0.15, -0.1) is 0 Å². The van der Waals surface area contributed by atoms with E-state index in [9.17, 15) is 0 Å². The van der Waals surface area contributed by atoms with Crippen LogP contribution in [0.15, 0.2) is 18.2 Å². The molecule has 1 fully saturated rings. The van der Waals surface area contributed by atoms with Crippen molar-refractivity contribution >= 4 is 11.6 Å². The maximum Gasteiger partial charge on any atom is 0.141 e. The number of ether oxygens (including phenoxy) is 2. The highest BCUT2D eigenvalue weighted by molar-refractivity contribution is 6.32. The number of para-hydroxylation sites is 1. The molecule has 0 amide bonds. The Morgan fingerprint density at radius 1 is 1.47 bits per heavy atom. The first-order valence-electron chi connectivity index (χ1n) is 6.80. The van der Waals surface area contributed by atoms with E-state index in [4.69, 9.17) is 26.8 Å². The van der Waals surface area contributed by atoms with Crippen LogP contribution in [0, 0.1) is 0 Å². The minimum atomic E-state index is -0.0331. The summed E-state index contributed by atoms with van der Waals surface area (Å²) < 4.78 is 11.8. The van der Waals surface area contributed by atoms with Gasteiger partial charge in [0.1, 0.15) is 12.4 Å². The number of rotatable bonds is 5. The molecule has 0 aromatic heterocycles. The van der Waals surface area contributed by atoms with Gasteiger partial charge in [0.05, 0.1) is 16.7 Å². The number of hydrogen-bond donors (Lipinski definition) is 1. The average molecular weight is 284 g/mol. The third-order valence-corrected chi connectivity index (χ3v) is 3.73. The van der Waals surface area contributed by atoms with E-state index in [0.717, 1.165) is 30.6 Å². The highest BCUT2D eigenvalue weighted by Gasteiger charge is 2.32. The first-order chi connectivity index (χ1) is 9.02. The van der Waals surface area contributed by atoms with Crippen molar-refractivity contribution in [2.24, 2.45) is 5.73 Å². The molecule has 1 unspecified atom stereocenters. The Morgan fingerprint density at radius 2 is 2.26 bits per heavy atom. The van der Waals surface area contributed by atoms with Gasteiger partial charge >= 0.3 is 0 Å². The lowest BCUT2D eigenvalue weighted by Crippen LogP contribution is -2.24. The van der Waals surface area contributed by atoms with Crippen LogP contribution in [0.4, 0.5) is 0 Å². The van der Waals surface area contributed by atoms with Crippen molar-refractivity contribution in [3.05, 3.63) is 28.8 Å². The van der Waals surface area contributed by atoms with Crippen molar-refractivity contribution in [2.75, 3.05) is 13.2 Å². The molecule has 0 radical (unpaired) electrons. The lowest BCUT2D eigenvalue weighted by Gasteiger charge is -2.20. The standard InChI is InChI=1S/C15H22ClNO2/c1-15(2)8-6-12(19-15)10-18-14-11(7-9-17)4-3-5-13(14)16/h3-5,12H,6-10,17H2,1-2H3. The fourth-order valence-electron chi connectivity index (χ4n) is 2.44. The third-order valence-electron chi connectivity index (χ3n) is 3.43. The molecular weight excluding hydrogens is 262 g/mol. The van der Waals surface area contributed by atoms with E-state index in [-0.39, 0.29) is 11.7 Å². The summed E-state index contributed by atoms with van der Waals surface area (Å²) >= 11 is 6.20. The highest BCUT2D eigenvalue weighted by atomic mass is 35.5. The molecule has 106 valence electrons. The van der Waals surface area contributed by atoms with Gasteiger partial charge in [-0.3, -0.25) is 0 Å². The predicted octanol–water partition coefficient (Wildman–Crippen LogP) is 3.18. The zero-order valence-corrected chi connectivity index (χ0v) is 12.4. The monoisotopic (exact) mass is 283 g/mol. The normalized spacial score (nSPS) is 21.6. The molecule has 1 aromatic rings. The molecule has 2 N–H and O–H groups in total. The third kappa shape index (κ3) is 3.85. The Hall–Kier alpha value is -0.770. The summed E-state index contributed by atoms with van der Waals surface area (Å²) in [7, 11) is 0. The van der Waals surface area contributed by atoms with Gasteiger partial charge < -0.3 is 15.2 Å². The molecule has 1 aliphatic rings. The van der Waals surface area contributed by atoms with Crippen molar-refractivity contribution in [1.82, 2.24) is 0 Å². The number of benzene rings is 1. The van der Waals surface area contributed by atoms with E-state index in [1.165, 1.54) is 0 Å². The zero-order valence-electron chi connectivity index (χ0n) is 11.6. The van der Waals surface area contributed by atoms with Crippen molar-refractivity contribution in [3.8, 4) is 5.75 Å².